The molecule has 1 N–H and O–H groups in total. The molecular weight excluding hydrogens is 465 g/mol. The molecule has 4 nitrogen and oxygen atoms in total. The molecule has 0 atom stereocenters. The SMILES string of the molecule is Cc1ccccc1-c1nc(-c2ccc(NC(=O)c3sc(-c4ccc(F)cc4)nc3C)cc2)cs1. The first kappa shape index (κ1) is 22.1. The summed E-state index contributed by atoms with van der Waals surface area (Å²) < 4.78 is 13.2. The van der Waals surface area contributed by atoms with Gasteiger partial charge in [0.25, 0.3) is 5.91 Å². The van der Waals surface area contributed by atoms with Crippen molar-refractivity contribution in [3.63, 3.8) is 0 Å². The van der Waals surface area contributed by atoms with Crippen LogP contribution in [0.1, 0.15) is 20.9 Å². The number of anilines is 1. The molecule has 0 saturated heterocycles. The van der Waals surface area contributed by atoms with Gasteiger partial charge in [-0.2, -0.15) is 0 Å². The summed E-state index contributed by atoms with van der Waals surface area (Å²) in [6.45, 7) is 3.89. The number of aromatic nitrogens is 2. The quantitative estimate of drug-likeness (QED) is 0.279. The zero-order valence-electron chi connectivity index (χ0n) is 18.5. The Hall–Kier alpha value is -3.68. The Bertz CT molecular complexity index is 1470. The van der Waals surface area contributed by atoms with Gasteiger partial charge < -0.3 is 5.32 Å². The average Bonchev–Trinajstić information content (AvgIpc) is 3.48. The molecule has 0 aliphatic heterocycles. The Morgan fingerprint density at radius 3 is 2.29 bits per heavy atom. The lowest BCUT2D eigenvalue weighted by atomic mass is 10.1. The second-order valence-corrected chi connectivity index (χ2v) is 9.68. The largest absolute Gasteiger partial charge is 0.321 e. The minimum Gasteiger partial charge on any atom is -0.321 e. The lowest BCUT2D eigenvalue weighted by Gasteiger charge is -2.05. The van der Waals surface area contributed by atoms with Crippen molar-refractivity contribution in [1.29, 1.82) is 0 Å². The van der Waals surface area contributed by atoms with Crippen molar-refractivity contribution < 1.29 is 9.18 Å². The molecule has 5 rings (SSSR count). The molecule has 0 bridgehead atoms. The average molecular weight is 486 g/mol. The number of carbonyl (C=O) groups is 1. The number of amides is 1. The molecule has 0 unspecified atom stereocenters. The predicted molar refractivity (Wildman–Crippen MR) is 138 cm³/mol. The van der Waals surface area contributed by atoms with E-state index in [0.29, 0.717) is 21.3 Å². The molecule has 0 fully saturated rings. The van der Waals surface area contributed by atoms with Crippen LogP contribution in [0, 0.1) is 19.7 Å². The zero-order chi connectivity index (χ0) is 23.7. The molecule has 0 spiro atoms. The highest BCUT2D eigenvalue weighted by atomic mass is 32.1. The van der Waals surface area contributed by atoms with Crippen molar-refractivity contribution in [3.05, 3.63) is 100 Å². The maximum atomic E-state index is 13.2. The maximum absolute atomic E-state index is 13.2. The van der Waals surface area contributed by atoms with Crippen molar-refractivity contribution in [2.45, 2.75) is 13.8 Å². The molecule has 1 amide bonds. The predicted octanol–water partition coefficient (Wildman–Crippen LogP) is 7.61. The number of hydrogen-bond donors (Lipinski definition) is 1. The zero-order valence-corrected chi connectivity index (χ0v) is 20.1. The van der Waals surface area contributed by atoms with E-state index in [1.54, 1.807) is 30.4 Å². The number of benzene rings is 3. The Kier molecular flexibility index (Phi) is 6.04. The summed E-state index contributed by atoms with van der Waals surface area (Å²) in [5, 5.41) is 6.67. The molecule has 2 heterocycles. The van der Waals surface area contributed by atoms with Gasteiger partial charge >= 0.3 is 0 Å². The topological polar surface area (TPSA) is 54.9 Å². The minimum absolute atomic E-state index is 0.216. The van der Waals surface area contributed by atoms with Gasteiger partial charge in [0.2, 0.25) is 0 Å². The van der Waals surface area contributed by atoms with Crippen LogP contribution in [0.5, 0.6) is 0 Å². The number of hydrogen-bond acceptors (Lipinski definition) is 5. The van der Waals surface area contributed by atoms with Crippen LogP contribution in [0.2, 0.25) is 0 Å². The minimum atomic E-state index is -0.303. The van der Waals surface area contributed by atoms with E-state index in [4.69, 9.17) is 4.98 Å². The second kappa shape index (κ2) is 9.29. The smallest absolute Gasteiger partial charge is 0.267 e. The van der Waals surface area contributed by atoms with E-state index < -0.39 is 0 Å². The van der Waals surface area contributed by atoms with E-state index >= 15 is 0 Å². The fraction of sp³-hybridized carbons (Fsp3) is 0.0741. The Morgan fingerprint density at radius 2 is 1.56 bits per heavy atom. The molecule has 0 saturated carbocycles. The van der Waals surface area contributed by atoms with Gasteiger partial charge in [-0.05, 0) is 55.8 Å². The number of nitrogens with zero attached hydrogens (tertiary/aromatic N) is 2. The first-order chi connectivity index (χ1) is 16.5. The van der Waals surface area contributed by atoms with Gasteiger partial charge in [-0.3, -0.25) is 4.79 Å². The van der Waals surface area contributed by atoms with E-state index in [-0.39, 0.29) is 11.7 Å². The second-order valence-electron chi connectivity index (χ2n) is 7.82. The van der Waals surface area contributed by atoms with E-state index in [1.165, 1.54) is 29.0 Å². The van der Waals surface area contributed by atoms with Crippen LogP contribution in [-0.2, 0) is 0 Å². The standard InChI is InChI=1S/C27H20FN3OS2/c1-16-5-3-4-6-22(16)27-31-23(15-33-27)18-9-13-21(14-10-18)30-25(32)24-17(2)29-26(34-24)19-7-11-20(28)12-8-19/h3-15H,1-2H3,(H,30,32). The Morgan fingerprint density at radius 1 is 0.853 bits per heavy atom. The fourth-order valence-electron chi connectivity index (χ4n) is 3.58. The summed E-state index contributed by atoms with van der Waals surface area (Å²) in [5.41, 5.74) is 6.35. The van der Waals surface area contributed by atoms with Crippen LogP contribution in [-0.4, -0.2) is 15.9 Å². The van der Waals surface area contributed by atoms with Gasteiger partial charge in [-0.15, -0.1) is 22.7 Å². The summed E-state index contributed by atoms with van der Waals surface area (Å²) >= 11 is 2.91. The van der Waals surface area contributed by atoms with Gasteiger partial charge in [-0.1, -0.05) is 36.4 Å². The molecule has 168 valence electrons. The van der Waals surface area contributed by atoms with E-state index in [9.17, 15) is 9.18 Å². The van der Waals surface area contributed by atoms with Gasteiger partial charge in [0.05, 0.1) is 11.4 Å². The highest BCUT2D eigenvalue weighted by molar-refractivity contribution is 7.17. The normalized spacial score (nSPS) is 10.9. The molecule has 34 heavy (non-hydrogen) atoms. The maximum Gasteiger partial charge on any atom is 0.267 e. The summed E-state index contributed by atoms with van der Waals surface area (Å²) in [6.07, 6.45) is 0. The lowest BCUT2D eigenvalue weighted by molar-refractivity contribution is 0.103. The monoisotopic (exact) mass is 485 g/mol. The Balaban J connectivity index is 1.31. The van der Waals surface area contributed by atoms with Crippen LogP contribution in [0.4, 0.5) is 10.1 Å². The van der Waals surface area contributed by atoms with Crippen LogP contribution < -0.4 is 5.32 Å². The van der Waals surface area contributed by atoms with Crippen LogP contribution in [0.25, 0.3) is 32.4 Å². The van der Waals surface area contributed by atoms with Crippen molar-refractivity contribution >= 4 is 34.3 Å². The fourth-order valence-corrected chi connectivity index (χ4v) is 5.46. The number of nitrogens with one attached hydrogen (secondary N) is 1. The number of aryl methyl sites for hydroxylation is 2. The van der Waals surface area contributed by atoms with Crippen LogP contribution in [0.15, 0.2) is 78.2 Å². The third-order valence-corrected chi connectivity index (χ3v) is 7.49. The first-order valence-electron chi connectivity index (χ1n) is 10.6. The van der Waals surface area contributed by atoms with Crippen LogP contribution >= 0.6 is 22.7 Å². The Labute approximate surface area is 204 Å². The molecule has 2 aromatic heterocycles. The van der Waals surface area contributed by atoms with Crippen molar-refractivity contribution in [1.82, 2.24) is 9.97 Å². The van der Waals surface area contributed by atoms with Crippen molar-refractivity contribution in [2.24, 2.45) is 0 Å². The van der Waals surface area contributed by atoms with Gasteiger partial charge in [0.15, 0.2) is 0 Å². The number of halogens is 1. The molecule has 3 aromatic carbocycles. The van der Waals surface area contributed by atoms with E-state index in [0.717, 1.165) is 27.4 Å². The molecule has 0 radical (unpaired) electrons. The van der Waals surface area contributed by atoms with Crippen molar-refractivity contribution in [3.8, 4) is 32.4 Å². The van der Waals surface area contributed by atoms with Gasteiger partial charge in [-0.25, -0.2) is 14.4 Å². The molecule has 0 aliphatic rings. The summed E-state index contributed by atoms with van der Waals surface area (Å²) in [6, 6.07) is 22.0. The summed E-state index contributed by atoms with van der Waals surface area (Å²) in [5.74, 6) is -0.519. The highest BCUT2D eigenvalue weighted by Gasteiger charge is 2.17. The number of carbonyl (C=O) groups excluding carboxylic acids is 1. The van der Waals surface area contributed by atoms with Crippen LogP contribution in [0.3, 0.4) is 0 Å². The number of thiazole rings is 2. The summed E-state index contributed by atoms with van der Waals surface area (Å²) in [4.78, 5) is 22.7. The molecule has 7 heteroatoms. The lowest BCUT2D eigenvalue weighted by Crippen LogP contribution is -2.11. The molecule has 0 aliphatic carbocycles. The highest BCUT2D eigenvalue weighted by Crippen LogP contribution is 2.32. The third kappa shape index (κ3) is 4.53. The van der Waals surface area contributed by atoms with Gasteiger partial charge in [0.1, 0.15) is 20.7 Å². The molecule has 5 aromatic rings. The van der Waals surface area contributed by atoms with Gasteiger partial charge in [0, 0.05) is 27.8 Å². The number of rotatable bonds is 5. The summed E-state index contributed by atoms with van der Waals surface area (Å²) in [7, 11) is 0. The molecular formula is C27H20FN3OS2. The van der Waals surface area contributed by atoms with Crippen molar-refractivity contribution in [2.75, 3.05) is 5.32 Å². The van der Waals surface area contributed by atoms with E-state index in [1.807, 2.05) is 41.8 Å². The third-order valence-electron chi connectivity index (χ3n) is 5.41. The first-order valence-corrected chi connectivity index (χ1v) is 12.3. The van der Waals surface area contributed by atoms with E-state index in [2.05, 4.69) is 29.4 Å².